The Kier molecular flexibility index (Phi) is 6.57. The molecule has 0 spiro atoms. The number of unbranched alkanes of at least 4 members (excludes halogenated alkanes) is 1. The van der Waals surface area contributed by atoms with Gasteiger partial charge in [-0.1, -0.05) is 17.8 Å². The molecule has 1 N–H and O–H groups in total. The van der Waals surface area contributed by atoms with Crippen LogP contribution in [-0.4, -0.2) is 46.1 Å². The lowest BCUT2D eigenvalue weighted by molar-refractivity contribution is 0.0954. The first kappa shape index (κ1) is 16.4. The molecule has 1 amide bonds. The topological polar surface area (TPSA) is 58.1 Å². The highest BCUT2D eigenvalue weighted by Crippen LogP contribution is 2.16. The lowest BCUT2D eigenvalue weighted by atomic mass is 10.0. The highest BCUT2D eigenvalue weighted by molar-refractivity contribution is 7.08. The Morgan fingerprint density at radius 1 is 1.43 bits per heavy atom. The van der Waals surface area contributed by atoms with Crippen molar-refractivity contribution < 1.29 is 4.79 Å². The summed E-state index contributed by atoms with van der Waals surface area (Å²) in [6.07, 6.45) is 6.96. The highest BCUT2D eigenvalue weighted by atomic mass is 32.1. The molecule has 118 valence electrons. The van der Waals surface area contributed by atoms with Crippen LogP contribution in [0.15, 0.2) is 0 Å². The van der Waals surface area contributed by atoms with E-state index in [0.29, 0.717) is 4.88 Å². The molecular weight excluding hydrogens is 284 g/mol. The first-order valence-corrected chi connectivity index (χ1v) is 8.83. The molecule has 1 aromatic heterocycles. The molecule has 21 heavy (non-hydrogen) atoms. The predicted octanol–water partition coefficient (Wildman–Crippen LogP) is 2.48. The fourth-order valence-corrected chi connectivity index (χ4v) is 3.49. The van der Waals surface area contributed by atoms with Crippen molar-refractivity contribution in [3.63, 3.8) is 0 Å². The quantitative estimate of drug-likeness (QED) is 0.786. The molecular formula is C15H26N4OS. The summed E-state index contributed by atoms with van der Waals surface area (Å²) in [5.74, 6) is -0.0202. The van der Waals surface area contributed by atoms with Crippen LogP contribution in [0.5, 0.6) is 0 Å². The molecule has 5 nitrogen and oxygen atoms in total. The Labute approximate surface area is 131 Å². The van der Waals surface area contributed by atoms with Crippen LogP contribution in [-0.2, 0) is 6.42 Å². The zero-order chi connectivity index (χ0) is 15.1. The lowest BCUT2D eigenvalue weighted by Crippen LogP contribution is -2.38. The molecule has 2 heterocycles. The number of hydrogen-bond acceptors (Lipinski definition) is 5. The normalized spacial score (nSPS) is 19.6. The molecule has 0 radical (unpaired) electrons. The summed E-state index contributed by atoms with van der Waals surface area (Å²) in [7, 11) is 0. The number of piperidine rings is 1. The summed E-state index contributed by atoms with van der Waals surface area (Å²) < 4.78 is 3.85. The number of aromatic nitrogens is 2. The third-order valence-electron chi connectivity index (χ3n) is 4.20. The Balaban J connectivity index is 1.62. The van der Waals surface area contributed by atoms with E-state index in [4.69, 9.17) is 0 Å². The zero-order valence-electron chi connectivity index (χ0n) is 13.1. The van der Waals surface area contributed by atoms with E-state index < -0.39 is 0 Å². The molecule has 0 unspecified atom stereocenters. The molecule has 0 bridgehead atoms. The Hall–Kier alpha value is -1.01. The lowest BCUT2D eigenvalue weighted by Gasteiger charge is -2.33. The van der Waals surface area contributed by atoms with Crippen molar-refractivity contribution in [2.45, 2.75) is 58.4 Å². The maximum atomic E-state index is 12.0. The summed E-state index contributed by atoms with van der Waals surface area (Å²) in [5.41, 5.74) is 0.805. The van der Waals surface area contributed by atoms with Crippen molar-refractivity contribution in [2.24, 2.45) is 0 Å². The monoisotopic (exact) mass is 310 g/mol. The minimum absolute atomic E-state index is 0.0202. The van der Waals surface area contributed by atoms with Gasteiger partial charge in [0.2, 0.25) is 0 Å². The van der Waals surface area contributed by atoms with Crippen LogP contribution >= 0.6 is 11.5 Å². The average Bonchev–Trinajstić information content (AvgIpc) is 2.97. The molecule has 2 rings (SSSR count). The van der Waals surface area contributed by atoms with Crippen molar-refractivity contribution in [2.75, 3.05) is 19.6 Å². The van der Waals surface area contributed by atoms with Gasteiger partial charge >= 0.3 is 0 Å². The Bertz CT molecular complexity index is 449. The fourth-order valence-electron chi connectivity index (χ4n) is 2.82. The molecule has 1 aliphatic heterocycles. The first-order chi connectivity index (χ1) is 10.2. The minimum atomic E-state index is -0.0202. The highest BCUT2D eigenvalue weighted by Gasteiger charge is 2.17. The van der Waals surface area contributed by atoms with Crippen molar-refractivity contribution >= 4 is 17.4 Å². The molecule has 1 saturated heterocycles. The maximum Gasteiger partial charge on any atom is 0.264 e. The van der Waals surface area contributed by atoms with E-state index in [0.717, 1.165) is 44.1 Å². The van der Waals surface area contributed by atoms with Crippen molar-refractivity contribution in [3.05, 3.63) is 10.6 Å². The Morgan fingerprint density at radius 2 is 2.29 bits per heavy atom. The van der Waals surface area contributed by atoms with Crippen LogP contribution in [0.25, 0.3) is 0 Å². The van der Waals surface area contributed by atoms with Crippen LogP contribution in [0.2, 0.25) is 0 Å². The SMILES string of the molecule is CCc1nnsc1C(=O)NCCCCN1CCCC[C@@H]1C. The number of carbonyl (C=O) groups is 1. The van der Waals surface area contributed by atoms with Crippen LogP contribution < -0.4 is 5.32 Å². The standard InChI is InChI=1S/C15H26N4OS/c1-3-13-14(21-18-17-13)15(20)16-9-5-7-11-19-10-6-4-8-12(19)2/h12H,3-11H2,1-2H3,(H,16,20)/t12-/m0/s1. The van der Waals surface area contributed by atoms with Gasteiger partial charge in [-0.15, -0.1) is 5.10 Å². The van der Waals surface area contributed by atoms with Crippen LogP contribution in [0.3, 0.4) is 0 Å². The smallest absolute Gasteiger partial charge is 0.264 e. The van der Waals surface area contributed by atoms with Gasteiger partial charge in [0.25, 0.3) is 5.91 Å². The summed E-state index contributed by atoms with van der Waals surface area (Å²) in [4.78, 5) is 15.3. The number of amides is 1. The molecule has 1 aliphatic rings. The molecule has 1 fully saturated rings. The molecule has 0 aromatic carbocycles. The van der Waals surface area contributed by atoms with Crippen LogP contribution in [0.4, 0.5) is 0 Å². The largest absolute Gasteiger partial charge is 0.351 e. The fraction of sp³-hybridized carbons (Fsp3) is 0.800. The molecule has 0 aliphatic carbocycles. The van der Waals surface area contributed by atoms with Gasteiger partial charge in [0.05, 0.1) is 5.69 Å². The van der Waals surface area contributed by atoms with Crippen molar-refractivity contribution in [3.8, 4) is 0 Å². The number of nitrogens with one attached hydrogen (secondary N) is 1. The van der Waals surface area contributed by atoms with Gasteiger partial charge in [-0.25, -0.2) is 0 Å². The van der Waals surface area contributed by atoms with Gasteiger partial charge in [0, 0.05) is 12.6 Å². The van der Waals surface area contributed by atoms with E-state index in [9.17, 15) is 4.79 Å². The van der Waals surface area contributed by atoms with Crippen molar-refractivity contribution in [1.29, 1.82) is 0 Å². The van der Waals surface area contributed by atoms with Crippen molar-refractivity contribution in [1.82, 2.24) is 19.8 Å². The van der Waals surface area contributed by atoms with E-state index in [2.05, 4.69) is 26.7 Å². The third-order valence-corrected chi connectivity index (χ3v) is 4.96. The van der Waals surface area contributed by atoms with Gasteiger partial charge in [0.15, 0.2) is 0 Å². The zero-order valence-corrected chi connectivity index (χ0v) is 13.9. The van der Waals surface area contributed by atoms with Gasteiger partial charge in [-0.05, 0) is 63.6 Å². The van der Waals surface area contributed by atoms with Crippen LogP contribution in [0, 0.1) is 0 Å². The third kappa shape index (κ3) is 4.74. The molecule has 1 atom stereocenters. The minimum Gasteiger partial charge on any atom is -0.351 e. The number of aryl methyl sites for hydroxylation is 1. The van der Waals surface area contributed by atoms with E-state index in [1.165, 1.54) is 37.3 Å². The van der Waals surface area contributed by atoms with E-state index in [1.54, 1.807) is 0 Å². The summed E-state index contributed by atoms with van der Waals surface area (Å²) in [6, 6.07) is 0.726. The van der Waals surface area contributed by atoms with Gasteiger partial charge in [-0.2, -0.15) is 0 Å². The number of carbonyl (C=O) groups excluding carboxylic acids is 1. The molecule has 0 saturated carbocycles. The van der Waals surface area contributed by atoms with Gasteiger partial charge in [0.1, 0.15) is 4.88 Å². The molecule has 1 aromatic rings. The number of likely N-dealkylation sites (tertiary alicyclic amines) is 1. The van der Waals surface area contributed by atoms with E-state index in [1.807, 2.05) is 6.92 Å². The predicted molar refractivity (Wildman–Crippen MR) is 85.7 cm³/mol. The van der Waals surface area contributed by atoms with E-state index >= 15 is 0 Å². The number of hydrogen-bond donors (Lipinski definition) is 1. The summed E-state index contributed by atoms with van der Waals surface area (Å²) in [6.45, 7) is 7.44. The molecule has 6 heteroatoms. The second-order valence-corrected chi connectivity index (χ2v) is 6.50. The van der Waals surface area contributed by atoms with Gasteiger partial charge < -0.3 is 10.2 Å². The second-order valence-electron chi connectivity index (χ2n) is 5.75. The van der Waals surface area contributed by atoms with E-state index in [-0.39, 0.29) is 5.91 Å². The average molecular weight is 310 g/mol. The van der Waals surface area contributed by atoms with Gasteiger partial charge in [-0.3, -0.25) is 4.79 Å². The summed E-state index contributed by atoms with van der Waals surface area (Å²) in [5, 5.41) is 6.95. The summed E-state index contributed by atoms with van der Waals surface area (Å²) >= 11 is 1.19. The first-order valence-electron chi connectivity index (χ1n) is 8.05. The second kappa shape index (κ2) is 8.44. The number of rotatable bonds is 7. The maximum absolute atomic E-state index is 12.0. The number of nitrogens with zero attached hydrogens (tertiary/aromatic N) is 3. The van der Waals surface area contributed by atoms with Crippen LogP contribution in [0.1, 0.15) is 61.3 Å². The Morgan fingerprint density at radius 3 is 3.05 bits per heavy atom.